The van der Waals surface area contributed by atoms with Crippen LogP contribution in [0.5, 0.6) is 0 Å². The number of benzene rings is 1. The van der Waals surface area contributed by atoms with Gasteiger partial charge in [-0.2, -0.15) is 4.57 Å². The molecule has 1 aromatic heterocycles. The summed E-state index contributed by atoms with van der Waals surface area (Å²) < 4.78 is 2.41. The van der Waals surface area contributed by atoms with Crippen LogP contribution in [0.15, 0.2) is 60.4 Å². The fourth-order valence-corrected chi connectivity index (χ4v) is 4.03. The maximum Gasteiger partial charge on any atom is 0.213 e. The minimum atomic E-state index is -0.00368. The Hall–Kier alpha value is -2.09. The highest BCUT2D eigenvalue weighted by atomic mass is 15.1. The molecule has 2 atom stereocenters. The van der Waals surface area contributed by atoms with Gasteiger partial charge in [0.15, 0.2) is 6.20 Å². The van der Waals surface area contributed by atoms with Crippen molar-refractivity contribution < 1.29 is 4.57 Å². The van der Waals surface area contributed by atoms with Crippen molar-refractivity contribution in [3.8, 4) is 11.3 Å². The lowest BCUT2D eigenvalue weighted by molar-refractivity contribution is -0.755. The molecule has 1 N–H and O–H groups in total. The van der Waals surface area contributed by atoms with Gasteiger partial charge in [0.25, 0.3) is 0 Å². The molecule has 0 amide bonds. The number of nitrogens with zero attached hydrogens (tertiary/aromatic N) is 1. The Bertz CT molecular complexity index is 747. The van der Waals surface area contributed by atoms with E-state index in [1.165, 1.54) is 22.5 Å². The molecule has 0 bridgehead atoms. The molecule has 2 unspecified atom stereocenters. The van der Waals surface area contributed by atoms with Gasteiger partial charge >= 0.3 is 0 Å². The average molecular weight is 263 g/mol. The molecule has 100 valence electrons. The van der Waals surface area contributed by atoms with E-state index in [1.807, 2.05) is 7.05 Å². The predicted octanol–water partition coefficient (Wildman–Crippen LogP) is 2.74. The van der Waals surface area contributed by atoms with E-state index < -0.39 is 0 Å². The second-order valence-electron chi connectivity index (χ2n) is 6.08. The maximum absolute atomic E-state index is 3.39. The van der Waals surface area contributed by atoms with Crippen LogP contribution in [0.1, 0.15) is 19.4 Å². The summed E-state index contributed by atoms with van der Waals surface area (Å²) in [4.78, 5) is 0. The SMILES string of the molecule is CNC1=CC2(C)[n+]3ccccc3-c3ccccc3C12C. The molecule has 20 heavy (non-hydrogen) atoms. The highest BCUT2D eigenvalue weighted by Gasteiger charge is 2.65. The summed E-state index contributed by atoms with van der Waals surface area (Å²) in [5.74, 6) is 0. The van der Waals surface area contributed by atoms with E-state index in [4.69, 9.17) is 0 Å². The van der Waals surface area contributed by atoms with Crippen molar-refractivity contribution in [2.24, 2.45) is 0 Å². The van der Waals surface area contributed by atoms with Gasteiger partial charge in [-0.05, 0) is 24.6 Å². The largest absolute Gasteiger partial charge is 0.391 e. The van der Waals surface area contributed by atoms with E-state index in [0.29, 0.717) is 0 Å². The standard InChI is InChI=1S/C18H19N2/c1-17-12-16(19-3)18(17,2)14-9-5-4-8-13(14)15-10-6-7-11-20(15)17/h4-12,19H,1-3H3/q+1. The molecule has 2 heterocycles. The molecule has 2 aromatic rings. The second-order valence-corrected chi connectivity index (χ2v) is 6.08. The van der Waals surface area contributed by atoms with E-state index in [1.54, 1.807) is 0 Å². The summed E-state index contributed by atoms with van der Waals surface area (Å²) in [6.45, 7) is 4.67. The zero-order valence-electron chi connectivity index (χ0n) is 12.1. The molecule has 4 rings (SSSR count). The van der Waals surface area contributed by atoms with Crippen LogP contribution in [-0.4, -0.2) is 7.05 Å². The van der Waals surface area contributed by atoms with Crippen molar-refractivity contribution >= 4 is 0 Å². The van der Waals surface area contributed by atoms with Gasteiger partial charge in [-0.1, -0.05) is 18.2 Å². The monoisotopic (exact) mass is 263 g/mol. The first-order valence-electron chi connectivity index (χ1n) is 7.15. The third-order valence-electron chi connectivity index (χ3n) is 5.35. The summed E-state index contributed by atoms with van der Waals surface area (Å²) in [6, 6.07) is 15.2. The van der Waals surface area contributed by atoms with Gasteiger partial charge in [0.05, 0.1) is 5.56 Å². The van der Waals surface area contributed by atoms with Crippen molar-refractivity contribution in [2.45, 2.75) is 24.8 Å². The van der Waals surface area contributed by atoms with Gasteiger partial charge in [0.2, 0.25) is 11.2 Å². The Labute approximate surface area is 119 Å². The zero-order chi connectivity index (χ0) is 14.0. The van der Waals surface area contributed by atoms with E-state index in [0.717, 1.165) is 0 Å². The molecular weight excluding hydrogens is 244 g/mol. The molecule has 1 aromatic carbocycles. The predicted molar refractivity (Wildman–Crippen MR) is 80.2 cm³/mol. The van der Waals surface area contributed by atoms with Gasteiger partial charge in [-0.25, -0.2) is 0 Å². The van der Waals surface area contributed by atoms with Crippen LogP contribution in [0.2, 0.25) is 0 Å². The van der Waals surface area contributed by atoms with Crippen LogP contribution in [0.25, 0.3) is 11.3 Å². The first-order valence-corrected chi connectivity index (χ1v) is 7.15. The van der Waals surface area contributed by atoms with Gasteiger partial charge in [-0.15, -0.1) is 0 Å². The minimum Gasteiger partial charge on any atom is -0.391 e. The Balaban J connectivity index is 2.14. The van der Waals surface area contributed by atoms with Crippen molar-refractivity contribution in [3.63, 3.8) is 0 Å². The minimum absolute atomic E-state index is 0.00368. The third-order valence-corrected chi connectivity index (χ3v) is 5.35. The van der Waals surface area contributed by atoms with Crippen LogP contribution < -0.4 is 9.88 Å². The molecule has 1 aliphatic carbocycles. The average Bonchev–Trinajstić information content (AvgIpc) is 2.50. The fraction of sp³-hybridized carbons (Fsp3) is 0.278. The van der Waals surface area contributed by atoms with Gasteiger partial charge < -0.3 is 5.32 Å². The van der Waals surface area contributed by atoms with E-state index in [2.05, 4.69) is 78.5 Å². The Morgan fingerprint density at radius 1 is 1.00 bits per heavy atom. The van der Waals surface area contributed by atoms with Crippen molar-refractivity contribution in [1.82, 2.24) is 5.32 Å². The molecule has 0 saturated heterocycles. The molecule has 2 heteroatoms. The molecule has 1 aliphatic heterocycles. The van der Waals surface area contributed by atoms with Gasteiger partial charge in [0.1, 0.15) is 5.41 Å². The second kappa shape index (κ2) is 3.51. The lowest BCUT2D eigenvalue weighted by Crippen LogP contribution is -2.73. The number of allylic oxidation sites excluding steroid dienone is 2. The number of aromatic nitrogens is 1. The third kappa shape index (κ3) is 1.05. The molecule has 0 spiro atoms. The van der Waals surface area contributed by atoms with E-state index in [-0.39, 0.29) is 11.0 Å². The summed E-state index contributed by atoms with van der Waals surface area (Å²) in [5.41, 5.74) is 5.38. The van der Waals surface area contributed by atoms with Crippen molar-refractivity contribution in [3.05, 3.63) is 66.0 Å². The number of rotatable bonds is 1. The van der Waals surface area contributed by atoms with Crippen LogP contribution in [0, 0.1) is 0 Å². The number of nitrogens with one attached hydrogen (secondary N) is 1. The lowest BCUT2D eigenvalue weighted by Gasteiger charge is -2.52. The topological polar surface area (TPSA) is 15.9 Å². The van der Waals surface area contributed by atoms with Gasteiger partial charge in [0, 0.05) is 37.9 Å². The van der Waals surface area contributed by atoms with Crippen molar-refractivity contribution in [1.29, 1.82) is 0 Å². The summed E-state index contributed by atoms with van der Waals surface area (Å²) >= 11 is 0. The fourth-order valence-electron chi connectivity index (χ4n) is 4.03. The van der Waals surface area contributed by atoms with Crippen LogP contribution in [0.4, 0.5) is 0 Å². The number of likely N-dealkylation sites (N-methyl/N-ethyl adjacent to an activating group) is 1. The highest BCUT2D eigenvalue weighted by molar-refractivity contribution is 5.69. The number of hydrogen-bond acceptors (Lipinski definition) is 1. The molecule has 2 aliphatic rings. The number of pyridine rings is 1. The maximum atomic E-state index is 3.39. The summed E-state index contributed by atoms with van der Waals surface area (Å²) in [6.07, 6.45) is 4.55. The molecule has 2 nitrogen and oxygen atoms in total. The summed E-state index contributed by atoms with van der Waals surface area (Å²) in [7, 11) is 2.02. The van der Waals surface area contributed by atoms with Crippen molar-refractivity contribution in [2.75, 3.05) is 7.05 Å². The quantitative estimate of drug-likeness (QED) is 0.782. The van der Waals surface area contributed by atoms with E-state index >= 15 is 0 Å². The van der Waals surface area contributed by atoms with Gasteiger partial charge in [-0.3, -0.25) is 0 Å². The van der Waals surface area contributed by atoms with Crippen LogP contribution in [-0.2, 0) is 11.0 Å². The molecule has 0 fully saturated rings. The normalized spacial score (nSPS) is 29.4. The highest BCUT2D eigenvalue weighted by Crippen LogP contribution is 2.56. The van der Waals surface area contributed by atoms with Crippen LogP contribution >= 0.6 is 0 Å². The van der Waals surface area contributed by atoms with Crippen LogP contribution in [0.3, 0.4) is 0 Å². The first-order chi connectivity index (χ1) is 9.63. The number of fused-ring (bicyclic) bond motifs is 6. The zero-order valence-corrected chi connectivity index (χ0v) is 12.1. The first kappa shape index (κ1) is 11.7. The Morgan fingerprint density at radius 2 is 1.75 bits per heavy atom. The summed E-state index contributed by atoms with van der Waals surface area (Å²) in [5, 5.41) is 3.39. The smallest absolute Gasteiger partial charge is 0.213 e. The Kier molecular flexibility index (Phi) is 2.06. The molecule has 0 radical (unpaired) electrons. The molecule has 0 saturated carbocycles. The molecular formula is C18H19N2+. The number of hydrogen-bond donors (Lipinski definition) is 1. The Morgan fingerprint density at radius 3 is 2.55 bits per heavy atom. The lowest BCUT2D eigenvalue weighted by atomic mass is 9.54. The van der Waals surface area contributed by atoms with E-state index in [9.17, 15) is 0 Å².